The molecular weight excluding hydrogens is 447 g/mol. The molecular formula is C25H23FN8O. The maximum Gasteiger partial charge on any atom is 0.245 e. The highest BCUT2D eigenvalue weighted by molar-refractivity contribution is 5.90. The number of carbonyl (C=O) groups excluding carboxylic acids is 1. The average Bonchev–Trinajstić information content (AvgIpc) is 3.13. The van der Waals surface area contributed by atoms with Crippen LogP contribution in [0, 0.1) is 24.1 Å². The van der Waals surface area contributed by atoms with E-state index in [9.17, 15) is 9.18 Å². The number of nitrogens with two attached hydrogens (primary N) is 1. The van der Waals surface area contributed by atoms with Crippen LogP contribution in [-0.4, -0.2) is 43.1 Å². The van der Waals surface area contributed by atoms with E-state index >= 15 is 0 Å². The van der Waals surface area contributed by atoms with Gasteiger partial charge in [0.15, 0.2) is 5.82 Å². The Morgan fingerprint density at radius 2 is 1.97 bits per heavy atom. The zero-order valence-electron chi connectivity index (χ0n) is 19.3. The molecule has 3 N–H and O–H groups in total. The lowest BCUT2D eigenvalue weighted by molar-refractivity contribution is -0.132. The Morgan fingerprint density at radius 3 is 2.77 bits per heavy atom. The molecule has 0 fully saturated rings. The lowest BCUT2D eigenvalue weighted by Crippen LogP contribution is -2.39. The van der Waals surface area contributed by atoms with Gasteiger partial charge in [-0.2, -0.15) is 10.4 Å². The first kappa shape index (κ1) is 22.3. The minimum Gasteiger partial charge on any atom is -0.397 e. The van der Waals surface area contributed by atoms with Gasteiger partial charge in [0.2, 0.25) is 5.91 Å². The van der Waals surface area contributed by atoms with Crippen molar-refractivity contribution in [3.05, 3.63) is 59.9 Å². The first-order valence-electron chi connectivity index (χ1n) is 11.2. The Bertz CT molecular complexity index is 1510. The molecule has 35 heavy (non-hydrogen) atoms. The van der Waals surface area contributed by atoms with Crippen LogP contribution in [0.4, 0.5) is 21.7 Å². The fraction of sp³-hybridized carbons (Fsp3) is 0.240. The maximum atomic E-state index is 14.9. The highest BCUT2D eigenvalue weighted by Gasteiger charge is 2.25. The van der Waals surface area contributed by atoms with E-state index in [0.717, 1.165) is 16.6 Å². The molecule has 176 valence electrons. The van der Waals surface area contributed by atoms with Crippen LogP contribution >= 0.6 is 0 Å². The van der Waals surface area contributed by atoms with Crippen LogP contribution in [0.3, 0.4) is 0 Å². The van der Waals surface area contributed by atoms with Crippen molar-refractivity contribution in [3.8, 4) is 17.2 Å². The largest absolute Gasteiger partial charge is 0.397 e. The van der Waals surface area contributed by atoms with Crippen molar-refractivity contribution in [3.63, 3.8) is 0 Å². The fourth-order valence-electron chi connectivity index (χ4n) is 4.30. The molecule has 1 aliphatic heterocycles. The first-order chi connectivity index (χ1) is 16.8. The number of amides is 1. The molecule has 1 aliphatic rings. The van der Waals surface area contributed by atoms with E-state index in [4.69, 9.17) is 11.0 Å². The van der Waals surface area contributed by atoms with Gasteiger partial charge in [0, 0.05) is 53.6 Å². The molecule has 0 saturated heterocycles. The van der Waals surface area contributed by atoms with Gasteiger partial charge in [0.1, 0.15) is 24.2 Å². The third-order valence-corrected chi connectivity index (χ3v) is 6.34. The van der Waals surface area contributed by atoms with E-state index in [-0.39, 0.29) is 18.3 Å². The van der Waals surface area contributed by atoms with Crippen molar-refractivity contribution in [2.24, 2.45) is 0 Å². The van der Waals surface area contributed by atoms with Crippen molar-refractivity contribution in [1.82, 2.24) is 24.6 Å². The van der Waals surface area contributed by atoms with E-state index in [1.54, 1.807) is 41.2 Å². The molecule has 4 heterocycles. The first-order valence-corrected chi connectivity index (χ1v) is 11.2. The molecule has 9 nitrogen and oxygen atoms in total. The molecule has 0 saturated carbocycles. The number of hydrogen-bond donors (Lipinski definition) is 2. The molecule has 0 aliphatic carbocycles. The summed E-state index contributed by atoms with van der Waals surface area (Å²) in [6, 6.07) is 8.53. The van der Waals surface area contributed by atoms with Crippen LogP contribution in [0.25, 0.3) is 21.9 Å². The Balaban J connectivity index is 1.43. The van der Waals surface area contributed by atoms with Gasteiger partial charge in [-0.05, 0) is 43.0 Å². The molecule has 0 unspecified atom stereocenters. The van der Waals surface area contributed by atoms with Crippen LogP contribution in [0.15, 0.2) is 42.9 Å². The topological polar surface area (TPSA) is 126 Å². The number of pyridine rings is 2. The smallest absolute Gasteiger partial charge is 0.245 e. The van der Waals surface area contributed by atoms with Crippen LogP contribution in [0.2, 0.25) is 0 Å². The van der Waals surface area contributed by atoms with Gasteiger partial charge >= 0.3 is 0 Å². The number of nitrogen functional groups attached to an aromatic ring is 1. The number of anilines is 3. The minimum atomic E-state index is -0.479. The number of aromatic nitrogens is 4. The summed E-state index contributed by atoms with van der Waals surface area (Å²) in [5.74, 6) is 0.575. The Labute approximate surface area is 201 Å². The molecule has 5 rings (SSSR count). The Hall–Kier alpha value is -4.52. The van der Waals surface area contributed by atoms with Crippen molar-refractivity contribution in [1.29, 1.82) is 5.26 Å². The van der Waals surface area contributed by atoms with Gasteiger partial charge in [-0.1, -0.05) is 0 Å². The second-order valence-electron chi connectivity index (χ2n) is 8.60. The third kappa shape index (κ3) is 4.12. The molecule has 0 spiro atoms. The molecule has 4 aromatic rings. The highest BCUT2D eigenvalue weighted by Crippen LogP contribution is 2.32. The standard InChI is InChI=1S/C25H23FN8O/c1-14(9-27)33-4-3-18-8-24(32-34(18)13-25(33)35)31-23-7-16-5-19(21(26)6-17(16)10-30-23)20-11-29-12-22(28)15(20)2/h5-8,10-12,14H,3-4,13,28H2,1-2H3,(H,30,31,32)/t14-/m1/s1. The monoisotopic (exact) mass is 470 g/mol. The number of nitrogens with zero attached hydrogens (tertiary/aromatic N) is 6. The fourth-order valence-corrected chi connectivity index (χ4v) is 4.30. The predicted octanol–water partition coefficient (Wildman–Crippen LogP) is 3.56. The zero-order chi connectivity index (χ0) is 24.7. The number of halogens is 1. The Kier molecular flexibility index (Phi) is 5.53. The Morgan fingerprint density at radius 1 is 1.14 bits per heavy atom. The molecule has 1 amide bonds. The van der Waals surface area contributed by atoms with Crippen molar-refractivity contribution >= 4 is 34.0 Å². The van der Waals surface area contributed by atoms with Crippen molar-refractivity contribution in [2.75, 3.05) is 17.6 Å². The SMILES string of the molecule is Cc1c(N)cncc1-c1cc2cc(Nc3cc4n(n3)CC(=O)N([C@H](C)C#N)CC4)ncc2cc1F. The van der Waals surface area contributed by atoms with Crippen LogP contribution in [0.1, 0.15) is 18.2 Å². The normalized spacial score (nSPS) is 14.3. The van der Waals surface area contributed by atoms with Gasteiger partial charge in [-0.25, -0.2) is 9.37 Å². The molecule has 1 atom stereocenters. The molecule has 10 heteroatoms. The third-order valence-electron chi connectivity index (χ3n) is 6.34. The second kappa shape index (κ2) is 8.68. The second-order valence-corrected chi connectivity index (χ2v) is 8.60. The lowest BCUT2D eigenvalue weighted by atomic mass is 9.99. The van der Waals surface area contributed by atoms with E-state index in [1.807, 2.05) is 19.1 Å². The van der Waals surface area contributed by atoms with E-state index < -0.39 is 6.04 Å². The summed E-state index contributed by atoms with van der Waals surface area (Å²) in [5.41, 5.74) is 9.18. The number of benzene rings is 1. The summed E-state index contributed by atoms with van der Waals surface area (Å²) in [5, 5.41) is 18.3. The van der Waals surface area contributed by atoms with Gasteiger partial charge < -0.3 is 16.0 Å². The number of rotatable bonds is 4. The number of nitrogens with one attached hydrogen (secondary N) is 1. The average molecular weight is 471 g/mol. The lowest BCUT2D eigenvalue weighted by Gasteiger charge is -2.22. The van der Waals surface area contributed by atoms with Gasteiger partial charge in [-0.15, -0.1) is 0 Å². The summed E-state index contributed by atoms with van der Waals surface area (Å²) in [7, 11) is 0. The quantitative estimate of drug-likeness (QED) is 0.467. The van der Waals surface area contributed by atoms with Gasteiger partial charge in [0.25, 0.3) is 0 Å². The summed E-state index contributed by atoms with van der Waals surface area (Å²) >= 11 is 0. The molecule has 0 bridgehead atoms. The van der Waals surface area contributed by atoms with Crippen molar-refractivity contribution < 1.29 is 9.18 Å². The summed E-state index contributed by atoms with van der Waals surface area (Å²) in [4.78, 5) is 22.6. The highest BCUT2D eigenvalue weighted by atomic mass is 19.1. The number of fused-ring (bicyclic) bond motifs is 2. The van der Waals surface area contributed by atoms with Gasteiger partial charge in [-0.3, -0.25) is 14.5 Å². The van der Waals surface area contributed by atoms with E-state index in [2.05, 4.69) is 26.5 Å². The molecule has 0 radical (unpaired) electrons. The van der Waals surface area contributed by atoms with Crippen LogP contribution in [-0.2, 0) is 17.8 Å². The number of carbonyl (C=O) groups is 1. The van der Waals surface area contributed by atoms with Gasteiger partial charge in [0.05, 0.1) is 18.0 Å². The number of nitriles is 1. The predicted molar refractivity (Wildman–Crippen MR) is 130 cm³/mol. The maximum absolute atomic E-state index is 14.9. The minimum absolute atomic E-state index is 0.0738. The van der Waals surface area contributed by atoms with Crippen molar-refractivity contribution in [2.45, 2.75) is 32.9 Å². The molecule has 1 aromatic carbocycles. The summed E-state index contributed by atoms with van der Waals surface area (Å²) in [6.45, 7) is 4.08. The molecule has 3 aromatic heterocycles. The van der Waals surface area contributed by atoms with E-state index in [1.165, 1.54) is 6.07 Å². The van der Waals surface area contributed by atoms with Crippen LogP contribution < -0.4 is 11.1 Å². The number of hydrogen-bond acceptors (Lipinski definition) is 7. The summed E-state index contributed by atoms with van der Waals surface area (Å²) in [6.07, 6.45) is 5.34. The van der Waals surface area contributed by atoms with E-state index in [0.29, 0.717) is 46.8 Å². The summed E-state index contributed by atoms with van der Waals surface area (Å²) < 4.78 is 16.5. The zero-order valence-corrected chi connectivity index (χ0v) is 19.3. The van der Waals surface area contributed by atoms with Crippen LogP contribution in [0.5, 0.6) is 0 Å².